The van der Waals surface area contributed by atoms with E-state index < -0.39 is 0 Å². The Balaban J connectivity index is 1.40. The maximum Gasteiger partial charge on any atom is 0.246 e. The Labute approximate surface area is 159 Å². The fraction of sp³-hybridized carbons (Fsp3) is 0.261. The van der Waals surface area contributed by atoms with Gasteiger partial charge in [-0.2, -0.15) is 0 Å². The second kappa shape index (κ2) is 7.70. The Kier molecular flexibility index (Phi) is 4.97. The molecule has 27 heavy (non-hydrogen) atoms. The molecule has 0 radical (unpaired) electrons. The van der Waals surface area contributed by atoms with Gasteiger partial charge in [0.15, 0.2) is 0 Å². The van der Waals surface area contributed by atoms with Crippen LogP contribution < -0.4 is 4.74 Å². The summed E-state index contributed by atoms with van der Waals surface area (Å²) < 4.78 is 5.33. The lowest BCUT2D eigenvalue weighted by atomic mass is 9.89. The fourth-order valence-corrected chi connectivity index (χ4v) is 3.91. The van der Waals surface area contributed by atoms with Crippen LogP contribution in [0.15, 0.2) is 60.8 Å². The summed E-state index contributed by atoms with van der Waals surface area (Å²) in [6.45, 7) is 1.58. The van der Waals surface area contributed by atoms with Gasteiger partial charge in [0.05, 0.1) is 7.11 Å². The third-order valence-corrected chi connectivity index (χ3v) is 5.41. The number of likely N-dealkylation sites (tertiary alicyclic amines) is 1. The summed E-state index contributed by atoms with van der Waals surface area (Å²) in [5.74, 6) is 1.35. The van der Waals surface area contributed by atoms with Crippen LogP contribution in [-0.2, 0) is 4.79 Å². The molecule has 4 nitrogen and oxygen atoms in total. The maximum atomic E-state index is 12.6. The number of hydrogen-bond donors (Lipinski definition) is 1. The summed E-state index contributed by atoms with van der Waals surface area (Å²) in [5.41, 5.74) is 3.48. The lowest BCUT2D eigenvalue weighted by Crippen LogP contribution is -2.36. The number of para-hydroxylation sites is 2. The lowest BCUT2D eigenvalue weighted by molar-refractivity contribution is -0.126. The summed E-state index contributed by atoms with van der Waals surface area (Å²) in [7, 11) is 1.64. The first-order valence-corrected chi connectivity index (χ1v) is 9.42. The number of nitrogens with one attached hydrogen (secondary N) is 1. The van der Waals surface area contributed by atoms with Crippen LogP contribution in [-0.4, -0.2) is 36.0 Å². The maximum absolute atomic E-state index is 12.6. The first-order chi connectivity index (χ1) is 13.3. The fourth-order valence-electron chi connectivity index (χ4n) is 3.91. The van der Waals surface area contributed by atoms with Crippen molar-refractivity contribution in [3.05, 3.63) is 71.9 Å². The minimum Gasteiger partial charge on any atom is -0.496 e. The second-order valence-corrected chi connectivity index (χ2v) is 6.96. The molecular weight excluding hydrogens is 336 g/mol. The molecule has 1 aliphatic rings. The molecule has 1 fully saturated rings. The number of aromatic amines is 1. The highest BCUT2D eigenvalue weighted by atomic mass is 16.5. The van der Waals surface area contributed by atoms with Crippen LogP contribution in [0.2, 0.25) is 0 Å². The number of amides is 1. The molecule has 0 atom stereocenters. The Morgan fingerprint density at radius 2 is 1.85 bits per heavy atom. The molecule has 0 unspecified atom stereocenters. The molecule has 138 valence electrons. The highest BCUT2D eigenvalue weighted by molar-refractivity contribution is 5.92. The smallest absolute Gasteiger partial charge is 0.246 e. The number of aromatic nitrogens is 1. The van der Waals surface area contributed by atoms with Crippen molar-refractivity contribution < 1.29 is 9.53 Å². The minimum absolute atomic E-state index is 0.0679. The Morgan fingerprint density at radius 3 is 2.67 bits per heavy atom. The zero-order valence-electron chi connectivity index (χ0n) is 15.5. The van der Waals surface area contributed by atoms with E-state index in [2.05, 4.69) is 35.4 Å². The SMILES string of the molecule is COc1ccccc1/C=C/C(=O)N1CCC(c2c[nH]c3ccccc23)CC1. The normalized spacial score (nSPS) is 15.5. The topological polar surface area (TPSA) is 45.3 Å². The number of rotatable bonds is 4. The summed E-state index contributed by atoms with van der Waals surface area (Å²) in [6.07, 6.45) is 7.62. The highest BCUT2D eigenvalue weighted by Crippen LogP contribution is 2.33. The van der Waals surface area contributed by atoms with E-state index in [0.717, 1.165) is 37.2 Å². The van der Waals surface area contributed by atoms with Crippen LogP contribution in [0.1, 0.15) is 29.9 Å². The number of piperidine rings is 1. The van der Waals surface area contributed by atoms with Crippen molar-refractivity contribution in [2.24, 2.45) is 0 Å². The van der Waals surface area contributed by atoms with Crippen molar-refractivity contribution >= 4 is 22.9 Å². The Morgan fingerprint density at radius 1 is 1.11 bits per heavy atom. The Bertz CT molecular complexity index is 965. The monoisotopic (exact) mass is 360 g/mol. The van der Waals surface area contributed by atoms with E-state index in [1.807, 2.05) is 35.2 Å². The molecule has 1 N–H and O–H groups in total. The van der Waals surface area contributed by atoms with Gasteiger partial charge in [-0.3, -0.25) is 4.79 Å². The van der Waals surface area contributed by atoms with Crippen molar-refractivity contribution in [2.45, 2.75) is 18.8 Å². The number of hydrogen-bond acceptors (Lipinski definition) is 2. The number of fused-ring (bicyclic) bond motifs is 1. The number of carbonyl (C=O) groups excluding carboxylic acids is 1. The van der Waals surface area contributed by atoms with Gasteiger partial charge in [-0.05, 0) is 42.5 Å². The van der Waals surface area contributed by atoms with Crippen LogP contribution in [0.4, 0.5) is 0 Å². The largest absolute Gasteiger partial charge is 0.496 e. The average Bonchev–Trinajstić information content (AvgIpc) is 3.16. The van der Waals surface area contributed by atoms with Gasteiger partial charge in [0.25, 0.3) is 0 Å². The van der Waals surface area contributed by atoms with E-state index in [0.29, 0.717) is 5.92 Å². The van der Waals surface area contributed by atoms with Crippen LogP contribution in [0.5, 0.6) is 5.75 Å². The molecule has 1 saturated heterocycles. The van der Waals surface area contributed by atoms with Gasteiger partial charge in [-0.15, -0.1) is 0 Å². The number of nitrogens with zero attached hydrogens (tertiary/aromatic N) is 1. The lowest BCUT2D eigenvalue weighted by Gasteiger charge is -2.31. The van der Waals surface area contributed by atoms with E-state index in [1.165, 1.54) is 16.5 Å². The molecule has 0 spiro atoms. The van der Waals surface area contributed by atoms with E-state index in [1.54, 1.807) is 13.2 Å². The summed E-state index contributed by atoms with van der Waals surface area (Å²) in [4.78, 5) is 17.9. The zero-order valence-corrected chi connectivity index (χ0v) is 15.5. The number of carbonyl (C=O) groups is 1. The second-order valence-electron chi connectivity index (χ2n) is 6.96. The number of ether oxygens (including phenoxy) is 1. The van der Waals surface area contributed by atoms with Crippen LogP contribution in [0.3, 0.4) is 0 Å². The van der Waals surface area contributed by atoms with E-state index in [9.17, 15) is 4.79 Å². The molecule has 0 saturated carbocycles. The summed E-state index contributed by atoms with van der Waals surface area (Å²) >= 11 is 0. The number of benzene rings is 2. The highest BCUT2D eigenvalue weighted by Gasteiger charge is 2.24. The molecule has 4 heteroatoms. The van der Waals surface area contributed by atoms with Crippen molar-refractivity contribution in [1.82, 2.24) is 9.88 Å². The van der Waals surface area contributed by atoms with Crippen molar-refractivity contribution in [2.75, 3.05) is 20.2 Å². The van der Waals surface area contributed by atoms with Gasteiger partial charge in [0, 0.05) is 41.8 Å². The van der Waals surface area contributed by atoms with Gasteiger partial charge < -0.3 is 14.6 Å². The predicted octanol–water partition coefficient (Wildman–Crippen LogP) is 4.60. The summed E-state index contributed by atoms with van der Waals surface area (Å²) in [6, 6.07) is 16.1. The first kappa shape index (κ1) is 17.4. The average molecular weight is 360 g/mol. The van der Waals surface area contributed by atoms with Crippen LogP contribution in [0, 0.1) is 0 Å². The summed E-state index contributed by atoms with van der Waals surface area (Å²) in [5, 5.41) is 1.30. The van der Waals surface area contributed by atoms with Crippen molar-refractivity contribution in [3.8, 4) is 5.75 Å². The zero-order chi connectivity index (χ0) is 18.6. The molecule has 2 aromatic carbocycles. The van der Waals surface area contributed by atoms with Crippen molar-refractivity contribution in [1.29, 1.82) is 0 Å². The Hall–Kier alpha value is -3.01. The van der Waals surface area contributed by atoms with Crippen LogP contribution >= 0.6 is 0 Å². The van der Waals surface area contributed by atoms with Gasteiger partial charge in [0.2, 0.25) is 5.91 Å². The van der Waals surface area contributed by atoms with Gasteiger partial charge >= 0.3 is 0 Å². The quantitative estimate of drug-likeness (QED) is 0.691. The van der Waals surface area contributed by atoms with Gasteiger partial charge in [-0.25, -0.2) is 0 Å². The molecule has 4 rings (SSSR count). The van der Waals surface area contributed by atoms with Gasteiger partial charge in [-0.1, -0.05) is 36.4 Å². The van der Waals surface area contributed by atoms with Gasteiger partial charge in [0.1, 0.15) is 5.75 Å². The molecular formula is C23H24N2O2. The third kappa shape index (κ3) is 3.61. The number of methoxy groups -OCH3 is 1. The first-order valence-electron chi connectivity index (χ1n) is 9.42. The third-order valence-electron chi connectivity index (χ3n) is 5.41. The van der Waals surface area contributed by atoms with E-state index >= 15 is 0 Å². The number of H-pyrrole nitrogens is 1. The van der Waals surface area contributed by atoms with Crippen LogP contribution in [0.25, 0.3) is 17.0 Å². The molecule has 1 aliphatic heterocycles. The molecule has 3 aromatic rings. The molecule has 2 heterocycles. The molecule has 0 bridgehead atoms. The van der Waals surface area contributed by atoms with E-state index in [4.69, 9.17) is 4.74 Å². The molecule has 0 aliphatic carbocycles. The van der Waals surface area contributed by atoms with Crippen molar-refractivity contribution in [3.63, 3.8) is 0 Å². The minimum atomic E-state index is 0.0679. The predicted molar refractivity (Wildman–Crippen MR) is 109 cm³/mol. The standard InChI is InChI=1S/C23H24N2O2/c1-27-22-9-5-2-6-18(22)10-11-23(26)25-14-12-17(13-15-25)20-16-24-21-8-4-3-7-19(20)21/h2-11,16-17,24H,12-15H2,1H3/b11-10+. The molecule has 1 aromatic heterocycles. The van der Waals surface area contributed by atoms with E-state index in [-0.39, 0.29) is 5.91 Å². The molecule has 1 amide bonds.